The molecule has 0 radical (unpaired) electrons. The minimum Gasteiger partial charge on any atom is -0.478 e. The number of benzene rings is 1. The van der Waals surface area contributed by atoms with Gasteiger partial charge in [-0.05, 0) is 24.6 Å². The highest BCUT2D eigenvalue weighted by molar-refractivity contribution is 9.10. The first-order chi connectivity index (χ1) is 9.72. The lowest BCUT2D eigenvalue weighted by Gasteiger charge is -2.13. The number of ether oxygens (including phenoxy) is 1. The van der Waals surface area contributed by atoms with E-state index in [2.05, 4.69) is 20.7 Å². The van der Waals surface area contributed by atoms with Gasteiger partial charge in [0.1, 0.15) is 6.04 Å². The third kappa shape index (κ3) is 3.25. The molecular formula is C12H12BrNO6S. The van der Waals surface area contributed by atoms with Gasteiger partial charge in [-0.25, -0.2) is 13.2 Å². The molecule has 2 N–H and O–H groups in total. The Morgan fingerprint density at radius 3 is 2.67 bits per heavy atom. The monoisotopic (exact) mass is 377 g/mol. The van der Waals surface area contributed by atoms with E-state index in [1.807, 2.05) is 0 Å². The van der Waals surface area contributed by atoms with E-state index < -0.39 is 28.0 Å². The van der Waals surface area contributed by atoms with Crippen LogP contribution in [0.2, 0.25) is 0 Å². The molecule has 0 aliphatic carbocycles. The fourth-order valence-electron chi connectivity index (χ4n) is 1.91. The van der Waals surface area contributed by atoms with E-state index in [9.17, 15) is 18.0 Å². The van der Waals surface area contributed by atoms with Crippen molar-refractivity contribution in [3.63, 3.8) is 0 Å². The van der Waals surface area contributed by atoms with Crippen LogP contribution >= 0.6 is 15.9 Å². The second-order valence-corrected chi connectivity index (χ2v) is 7.05. The Balaban J connectivity index is 2.44. The van der Waals surface area contributed by atoms with Gasteiger partial charge in [-0.15, -0.1) is 0 Å². The quantitative estimate of drug-likeness (QED) is 0.758. The Bertz CT molecular complexity index is 715. The molecule has 1 aromatic rings. The van der Waals surface area contributed by atoms with Crippen LogP contribution in [0.15, 0.2) is 21.5 Å². The standard InChI is InChI=1S/C12H12BrNO6S/c1-6-8(13)4-7(11(15)16)5-10(6)21(18,19)14-9-2-3-20-12(9)17/h4-5,9,14H,2-3H2,1H3,(H,15,16). The van der Waals surface area contributed by atoms with E-state index in [1.54, 1.807) is 0 Å². The van der Waals surface area contributed by atoms with Crippen molar-refractivity contribution in [3.8, 4) is 0 Å². The van der Waals surface area contributed by atoms with Gasteiger partial charge in [-0.1, -0.05) is 15.9 Å². The van der Waals surface area contributed by atoms with E-state index in [-0.39, 0.29) is 23.5 Å². The first-order valence-corrected chi connectivity index (χ1v) is 8.22. The van der Waals surface area contributed by atoms with Gasteiger partial charge >= 0.3 is 11.9 Å². The Hall–Kier alpha value is -1.45. The molecule has 0 spiro atoms. The minimum atomic E-state index is -4.03. The highest BCUT2D eigenvalue weighted by atomic mass is 79.9. The zero-order valence-electron chi connectivity index (χ0n) is 10.9. The molecule has 1 aliphatic rings. The van der Waals surface area contributed by atoms with Crippen LogP contribution in [-0.4, -0.2) is 38.1 Å². The number of carboxylic acids is 1. The molecule has 0 bridgehead atoms. The summed E-state index contributed by atoms with van der Waals surface area (Å²) < 4.78 is 32.0. The molecular weight excluding hydrogens is 366 g/mol. The van der Waals surface area contributed by atoms with E-state index in [1.165, 1.54) is 13.0 Å². The normalized spacial score (nSPS) is 18.6. The van der Waals surface area contributed by atoms with Gasteiger partial charge in [-0.3, -0.25) is 4.79 Å². The van der Waals surface area contributed by atoms with E-state index in [0.717, 1.165) is 6.07 Å². The number of carbonyl (C=O) groups is 2. The third-order valence-corrected chi connectivity index (χ3v) is 5.49. The van der Waals surface area contributed by atoms with Gasteiger partial charge < -0.3 is 9.84 Å². The molecule has 21 heavy (non-hydrogen) atoms. The van der Waals surface area contributed by atoms with Crippen molar-refractivity contribution >= 4 is 37.9 Å². The van der Waals surface area contributed by atoms with Crippen molar-refractivity contribution in [2.75, 3.05) is 6.61 Å². The van der Waals surface area contributed by atoms with Gasteiger partial charge in [0.15, 0.2) is 0 Å². The van der Waals surface area contributed by atoms with Crippen molar-refractivity contribution in [3.05, 3.63) is 27.7 Å². The number of halogens is 1. The van der Waals surface area contributed by atoms with Crippen molar-refractivity contribution in [1.82, 2.24) is 4.72 Å². The van der Waals surface area contributed by atoms with Crippen LogP contribution in [0, 0.1) is 6.92 Å². The fraction of sp³-hybridized carbons (Fsp3) is 0.333. The van der Waals surface area contributed by atoms with Crippen molar-refractivity contribution in [2.45, 2.75) is 24.3 Å². The maximum Gasteiger partial charge on any atom is 0.335 e. The van der Waals surface area contributed by atoms with Crippen LogP contribution in [-0.2, 0) is 19.6 Å². The summed E-state index contributed by atoms with van der Waals surface area (Å²) in [5.74, 6) is -1.88. The molecule has 2 rings (SSSR count). The van der Waals surface area contributed by atoms with Gasteiger partial charge in [0.2, 0.25) is 10.0 Å². The first kappa shape index (κ1) is 15.9. The molecule has 1 aromatic carbocycles. The zero-order chi connectivity index (χ0) is 15.8. The number of nitrogens with one attached hydrogen (secondary N) is 1. The topological polar surface area (TPSA) is 110 Å². The molecule has 9 heteroatoms. The highest BCUT2D eigenvalue weighted by Crippen LogP contribution is 2.26. The second-order valence-electron chi connectivity index (χ2n) is 4.52. The summed E-state index contributed by atoms with van der Waals surface area (Å²) in [6, 6.07) is 1.44. The van der Waals surface area contributed by atoms with Crippen molar-refractivity contribution in [1.29, 1.82) is 0 Å². The Morgan fingerprint density at radius 1 is 1.48 bits per heavy atom. The minimum absolute atomic E-state index is 0.157. The summed E-state index contributed by atoms with van der Waals surface area (Å²) in [4.78, 5) is 22.2. The van der Waals surface area contributed by atoms with Gasteiger partial charge in [0.05, 0.1) is 17.1 Å². The van der Waals surface area contributed by atoms with E-state index >= 15 is 0 Å². The number of aromatic carboxylic acids is 1. The van der Waals surface area contributed by atoms with Crippen molar-refractivity contribution in [2.24, 2.45) is 0 Å². The first-order valence-electron chi connectivity index (χ1n) is 5.95. The molecule has 1 unspecified atom stereocenters. The molecule has 0 aromatic heterocycles. The average molecular weight is 378 g/mol. The number of hydrogen-bond acceptors (Lipinski definition) is 5. The molecule has 1 aliphatic heterocycles. The summed E-state index contributed by atoms with van der Waals surface area (Å²) in [5.41, 5.74) is 0.195. The molecule has 114 valence electrons. The van der Waals surface area contributed by atoms with E-state index in [0.29, 0.717) is 10.0 Å². The number of rotatable bonds is 4. The number of hydrogen-bond donors (Lipinski definition) is 2. The molecule has 0 amide bonds. The van der Waals surface area contributed by atoms with E-state index in [4.69, 9.17) is 9.84 Å². The Labute approximate surface area is 129 Å². The van der Waals surface area contributed by atoms with Crippen LogP contribution in [0.4, 0.5) is 0 Å². The summed E-state index contributed by atoms with van der Waals surface area (Å²) in [6.45, 7) is 1.70. The predicted octanol–water partition coefficient (Wildman–Crippen LogP) is 1.05. The predicted molar refractivity (Wildman–Crippen MR) is 75.5 cm³/mol. The molecule has 1 atom stereocenters. The smallest absolute Gasteiger partial charge is 0.335 e. The maximum atomic E-state index is 12.3. The third-order valence-electron chi connectivity index (χ3n) is 3.07. The lowest BCUT2D eigenvalue weighted by Crippen LogP contribution is -2.38. The SMILES string of the molecule is Cc1c(Br)cc(C(=O)O)cc1S(=O)(=O)NC1CCOC1=O. The molecule has 1 heterocycles. The summed E-state index contributed by atoms with van der Waals surface area (Å²) in [7, 11) is -4.03. The summed E-state index contributed by atoms with van der Waals surface area (Å²) in [6.07, 6.45) is 0.247. The molecule has 0 saturated carbocycles. The zero-order valence-corrected chi connectivity index (χ0v) is 13.3. The summed E-state index contributed by atoms with van der Waals surface area (Å²) >= 11 is 3.14. The van der Waals surface area contributed by atoms with Crippen LogP contribution < -0.4 is 4.72 Å². The average Bonchev–Trinajstić information content (AvgIpc) is 2.77. The summed E-state index contributed by atoms with van der Waals surface area (Å²) in [5, 5.41) is 9.01. The van der Waals surface area contributed by atoms with Crippen LogP contribution in [0.5, 0.6) is 0 Å². The van der Waals surface area contributed by atoms with Crippen molar-refractivity contribution < 1.29 is 27.9 Å². The van der Waals surface area contributed by atoms with Gasteiger partial charge in [-0.2, -0.15) is 4.72 Å². The maximum absolute atomic E-state index is 12.3. The number of esters is 1. The van der Waals surface area contributed by atoms with Gasteiger partial charge in [0.25, 0.3) is 0 Å². The molecule has 1 saturated heterocycles. The number of carbonyl (C=O) groups excluding carboxylic acids is 1. The Morgan fingerprint density at radius 2 is 2.14 bits per heavy atom. The lowest BCUT2D eigenvalue weighted by molar-refractivity contribution is -0.139. The number of cyclic esters (lactones) is 1. The van der Waals surface area contributed by atoms with Crippen LogP contribution in [0.1, 0.15) is 22.3 Å². The number of carboxylic acid groups (broad SMARTS) is 1. The molecule has 1 fully saturated rings. The number of sulfonamides is 1. The molecule has 7 nitrogen and oxygen atoms in total. The lowest BCUT2D eigenvalue weighted by atomic mass is 10.1. The Kier molecular flexibility index (Phi) is 4.35. The van der Waals surface area contributed by atoms with Gasteiger partial charge in [0, 0.05) is 10.9 Å². The van der Waals surface area contributed by atoms with Crippen LogP contribution in [0.25, 0.3) is 0 Å². The van der Waals surface area contributed by atoms with Crippen LogP contribution in [0.3, 0.4) is 0 Å². The highest BCUT2D eigenvalue weighted by Gasteiger charge is 2.32. The fourth-order valence-corrected chi connectivity index (χ4v) is 4.01. The largest absolute Gasteiger partial charge is 0.478 e. The second kappa shape index (κ2) is 5.74.